The quantitative estimate of drug-likeness (QED) is 0.542. The molecule has 2 atom stereocenters. The van der Waals surface area contributed by atoms with E-state index < -0.39 is 11.8 Å². The van der Waals surface area contributed by atoms with Crippen LogP contribution in [0.1, 0.15) is 19.1 Å². The lowest BCUT2D eigenvalue weighted by atomic mass is 10.2. The summed E-state index contributed by atoms with van der Waals surface area (Å²) in [7, 11) is 0. The molecule has 3 heterocycles. The minimum absolute atomic E-state index is 0.00430. The highest BCUT2D eigenvalue weighted by atomic mass is 16.5. The van der Waals surface area contributed by atoms with Gasteiger partial charge in [-0.1, -0.05) is 0 Å². The van der Waals surface area contributed by atoms with Crippen molar-refractivity contribution in [2.45, 2.75) is 25.2 Å². The third kappa shape index (κ3) is 1.83. The van der Waals surface area contributed by atoms with Crippen LogP contribution >= 0.6 is 0 Å². The van der Waals surface area contributed by atoms with E-state index >= 15 is 0 Å². The van der Waals surface area contributed by atoms with Crippen molar-refractivity contribution in [3.63, 3.8) is 0 Å². The van der Waals surface area contributed by atoms with E-state index in [2.05, 4.69) is 15.0 Å². The monoisotopic (exact) mass is 266 g/mol. The highest BCUT2D eigenvalue weighted by Gasteiger charge is 2.29. The molecule has 0 saturated carbocycles. The molecule has 0 spiro atoms. The molecule has 3 rings (SSSR count). The van der Waals surface area contributed by atoms with Crippen LogP contribution in [0.15, 0.2) is 4.79 Å². The Morgan fingerprint density at radius 1 is 1.42 bits per heavy atom. The van der Waals surface area contributed by atoms with E-state index in [0.29, 0.717) is 18.5 Å². The van der Waals surface area contributed by atoms with Gasteiger partial charge in [0.05, 0.1) is 12.7 Å². The number of nitrogen functional groups attached to an aromatic ring is 2. The maximum atomic E-state index is 11.7. The normalized spacial score (nSPS) is 23.2. The van der Waals surface area contributed by atoms with E-state index in [4.69, 9.17) is 21.3 Å². The molecule has 1 aliphatic rings. The predicted octanol–water partition coefficient (Wildman–Crippen LogP) is -1.05. The van der Waals surface area contributed by atoms with Crippen LogP contribution in [0.25, 0.3) is 11.2 Å². The maximum Gasteiger partial charge on any atom is 0.280 e. The second-order valence-electron chi connectivity index (χ2n) is 4.44. The lowest BCUT2D eigenvalue weighted by molar-refractivity contribution is -0.0196. The van der Waals surface area contributed by atoms with Gasteiger partial charge < -0.3 is 21.3 Å². The minimum Gasteiger partial charge on any atom is -0.394 e. The number of aliphatic hydroxyl groups excluding tert-OH is 1. The minimum atomic E-state index is -0.440. The number of rotatable bonds is 2. The molecule has 19 heavy (non-hydrogen) atoms. The summed E-state index contributed by atoms with van der Waals surface area (Å²) >= 11 is 0. The number of hydrogen-bond donors (Lipinski definition) is 4. The Balaban J connectivity index is 2.13. The summed E-state index contributed by atoms with van der Waals surface area (Å²) in [6, 6.07) is 0. The van der Waals surface area contributed by atoms with Crippen LogP contribution in [-0.4, -0.2) is 37.3 Å². The van der Waals surface area contributed by atoms with Gasteiger partial charge in [0.1, 0.15) is 6.23 Å². The molecule has 102 valence electrons. The Morgan fingerprint density at radius 3 is 2.89 bits per heavy atom. The van der Waals surface area contributed by atoms with Crippen LogP contribution in [0.4, 0.5) is 11.9 Å². The van der Waals surface area contributed by atoms with E-state index in [9.17, 15) is 4.79 Å². The van der Waals surface area contributed by atoms with Gasteiger partial charge in [0, 0.05) is 0 Å². The zero-order valence-corrected chi connectivity index (χ0v) is 10.0. The molecule has 1 saturated heterocycles. The standard InChI is InChI=1S/C10H14N6O3/c11-9-14-7-6(8(18)15-9)13-10(12)16(7)5-2-1-4(3-17)19-5/h4-5,17H,1-3H2,(H2,12,13)(H3,11,14,15,18)/t4-,5+/m0/s1. The summed E-state index contributed by atoms with van der Waals surface area (Å²) < 4.78 is 7.16. The molecule has 1 aliphatic heterocycles. The van der Waals surface area contributed by atoms with Gasteiger partial charge in [-0.15, -0.1) is 0 Å². The summed E-state index contributed by atoms with van der Waals surface area (Å²) in [5, 5.41) is 9.08. The fraction of sp³-hybridized carbons (Fsp3) is 0.500. The van der Waals surface area contributed by atoms with Crippen molar-refractivity contribution in [3.8, 4) is 0 Å². The van der Waals surface area contributed by atoms with E-state index in [1.165, 1.54) is 4.57 Å². The molecule has 0 aromatic carbocycles. The van der Waals surface area contributed by atoms with Crippen molar-refractivity contribution in [2.24, 2.45) is 0 Å². The number of aromatic amines is 1. The van der Waals surface area contributed by atoms with Crippen molar-refractivity contribution in [2.75, 3.05) is 18.1 Å². The summed E-state index contributed by atoms with van der Waals surface area (Å²) in [5.74, 6) is 0.137. The highest BCUT2D eigenvalue weighted by Crippen LogP contribution is 2.31. The van der Waals surface area contributed by atoms with Gasteiger partial charge in [0.25, 0.3) is 5.56 Å². The Bertz CT molecular complexity index is 678. The molecule has 0 radical (unpaired) electrons. The first-order valence-corrected chi connectivity index (χ1v) is 5.89. The first-order valence-electron chi connectivity index (χ1n) is 5.89. The molecule has 0 amide bonds. The van der Waals surface area contributed by atoms with Gasteiger partial charge in [0.15, 0.2) is 11.2 Å². The SMILES string of the molecule is Nc1nc2c(nc(N)n2[C@H]2CC[C@@H](CO)O2)c(=O)[nH]1. The van der Waals surface area contributed by atoms with Crippen LogP contribution in [0.2, 0.25) is 0 Å². The van der Waals surface area contributed by atoms with Gasteiger partial charge >= 0.3 is 0 Å². The molecule has 0 bridgehead atoms. The molecule has 0 unspecified atom stereocenters. The van der Waals surface area contributed by atoms with Crippen LogP contribution in [-0.2, 0) is 4.74 Å². The van der Waals surface area contributed by atoms with E-state index in [1.807, 2.05) is 0 Å². The Labute approximate surface area is 107 Å². The Hall–Kier alpha value is -2.13. The summed E-state index contributed by atoms with van der Waals surface area (Å²) in [5.41, 5.74) is 11.3. The smallest absolute Gasteiger partial charge is 0.280 e. The van der Waals surface area contributed by atoms with Gasteiger partial charge in [-0.05, 0) is 12.8 Å². The molecule has 2 aromatic rings. The number of fused-ring (bicyclic) bond motifs is 1. The number of anilines is 2. The maximum absolute atomic E-state index is 11.7. The van der Waals surface area contributed by atoms with Crippen LogP contribution < -0.4 is 17.0 Å². The lowest BCUT2D eigenvalue weighted by Gasteiger charge is -2.15. The molecule has 2 aromatic heterocycles. The molecule has 9 nitrogen and oxygen atoms in total. The summed E-state index contributed by atoms with van der Waals surface area (Å²) in [6.07, 6.45) is 0.742. The average Bonchev–Trinajstić information content (AvgIpc) is 2.93. The van der Waals surface area contributed by atoms with Crippen LogP contribution in [0.3, 0.4) is 0 Å². The Kier molecular flexibility index (Phi) is 2.64. The van der Waals surface area contributed by atoms with Gasteiger partial charge in [-0.3, -0.25) is 14.3 Å². The van der Waals surface area contributed by atoms with Gasteiger partial charge in [-0.25, -0.2) is 4.98 Å². The third-order valence-electron chi connectivity index (χ3n) is 3.17. The summed E-state index contributed by atoms with van der Waals surface area (Å²) in [4.78, 5) is 22.1. The number of ether oxygens (including phenoxy) is 1. The summed E-state index contributed by atoms with van der Waals surface area (Å²) in [6.45, 7) is -0.0564. The van der Waals surface area contributed by atoms with Gasteiger partial charge in [-0.2, -0.15) is 4.98 Å². The van der Waals surface area contributed by atoms with Crippen molar-refractivity contribution < 1.29 is 9.84 Å². The number of aliphatic hydroxyl groups is 1. The number of H-pyrrole nitrogens is 1. The van der Waals surface area contributed by atoms with Gasteiger partial charge in [0.2, 0.25) is 11.9 Å². The number of nitrogens with two attached hydrogens (primary N) is 2. The van der Waals surface area contributed by atoms with Crippen molar-refractivity contribution in [1.82, 2.24) is 19.5 Å². The third-order valence-corrected chi connectivity index (χ3v) is 3.17. The molecular weight excluding hydrogens is 252 g/mol. The van der Waals surface area contributed by atoms with E-state index in [-0.39, 0.29) is 30.1 Å². The van der Waals surface area contributed by atoms with Crippen LogP contribution in [0.5, 0.6) is 0 Å². The number of hydrogen-bond acceptors (Lipinski definition) is 7. The number of aromatic nitrogens is 4. The second-order valence-corrected chi connectivity index (χ2v) is 4.44. The lowest BCUT2D eigenvalue weighted by Crippen LogP contribution is -2.17. The number of nitrogens with zero attached hydrogens (tertiary/aromatic N) is 3. The highest BCUT2D eigenvalue weighted by molar-refractivity contribution is 5.74. The van der Waals surface area contributed by atoms with Crippen molar-refractivity contribution in [1.29, 1.82) is 0 Å². The predicted molar refractivity (Wildman–Crippen MR) is 67.2 cm³/mol. The first-order chi connectivity index (χ1) is 9.10. The van der Waals surface area contributed by atoms with E-state index in [0.717, 1.165) is 0 Å². The molecule has 1 fully saturated rings. The number of nitrogens with one attached hydrogen (secondary N) is 1. The van der Waals surface area contributed by atoms with Crippen molar-refractivity contribution in [3.05, 3.63) is 10.4 Å². The largest absolute Gasteiger partial charge is 0.394 e. The zero-order chi connectivity index (χ0) is 13.6. The molecule has 9 heteroatoms. The van der Waals surface area contributed by atoms with E-state index in [1.54, 1.807) is 0 Å². The number of imidazole rings is 1. The first kappa shape index (κ1) is 11.9. The fourth-order valence-electron chi connectivity index (χ4n) is 2.31. The Morgan fingerprint density at radius 2 is 2.21 bits per heavy atom. The van der Waals surface area contributed by atoms with Crippen molar-refractivity contribution >= 4 is 23.1 Å². The molecular formula is C10H14N6O3. The van der Waals surface area contributed by atoms with Crippen LogP contribution in [0, 0.1) is 0 Å². The zero-order valence-electron chi connectivity index (χ0n) is 10.0. The molecule has 6 N–H and O–H groups in total. The molecule has 0 aliphatic carbocycles. The second kappa shape index (κ2) is 4.21. The topological polar surface area (TPSA) is 145 Å². The average molecular weight is 266 g/mol. The fourth-order valence-corrected chi connectivity index (χ4v) is 2.31.